The van der Waals surface area contributed by atoms with E-state index in [9.17, 15) is 0 Å². The average molecular weight is 498 g/mol. The molecule has 0 aliphatic heterocycles. The molecule has 0 amide bonds. The molecule has 0 unspecified atom stereocenters. The van der Waals surface area contributed by atoms with Crippen LogP contribution >= 0.6 is 0 Å². The quantitative estimate of drug-likeness (QED) is 0.0965. The number of benzene rings is 1. The summed E-state index contributed by atoms with van der Waals surface area (Å²) in [5.74, 6) is 0. The fourth-order valence-corrected chi connectivity index (χ4v) is 5.57. The molecular weight excluding hydrogens is 432 g/mol. The van der Waals surface area contributed by atoms with Crippen LogP contribution < -0.4 is 0 Å². The van der Waals surface area contributed by atoms with Gasteiger partial charge in [0, 0.05) is 0 Å². The molecule has 0 fully saturated rings. The SMILES string of the molecule is CCCCCCCCCCCCCCCCCCCCCCCCCCCCCCc1[c]cccc1. The van der Waals surface area contributed by atoms with E-state index < -0.39 is 0 Å². The summed E-state index contributed by atoms with van der Waals surface area (Å²) in [5.41, 5.74) is 1.38. The molecule has 36 heavy (non-hydrogen) atoms. The second-order valence-electron chi connectivity index (χ2n) is 11.7. The number of hydrogen-bond acceptors (Lipinski definition) is 0. The van der Waals surface area contributed by atoms with Crippen LogP contribution in [-0.4, -0.2) is 0 Å². The normalized spacial score (nSPS) is 11.4. The fourth-order valence-electron chi connectivity index (χ4n) is 5.57. The van der Waals surface area contributed by atoms with Gasteiger partial charge in [0.05, 0.1) is 0 Å². The van der Waals surface area contributed by atoms with Gasteiger partial charge in [-0.05, 0) is 24.5 Å². The first kappa shape index (κ1) is 33.2. The summed E-state index contributed by atoms with van der Waals surface area (Å²) in [5, 5.41) is 0. The minimum atomic E-state index is 1.21. The molecule has 1 aromatic rings. The third-order valence-electron chi connectivity index (χ3n) is 8.07. The lowest BCUT2D eigenvalue weighted by molar-refractivity contribution is 0.514. The van der Waals surface area contributed by atoms with Crippen molar-refractivity contribution in [1.82, 2.24) is 0 Å². The van der Waals surface area contributed by atoms with E-state index >= 15 is 0 Å². The van der Waals surface area contributed by atoms with Gasteiger partial charge in [0.15, 0.2) is 0 Å². The molecule has 1 aromatic carbocycles. The highest BCUT2D eigenvalue weighted by Gasteiger charge is 1.97. The smallest absolute Gasteiger partial charge is 0.0149 e. The van der Waals surface area contributed by atoms with Crippen molar-refractivity contribution in [2.75, 3.05) is 0 Å². The average Bonchev–Trinajstić information content (AvgIpc) is 2.91. The third-order valence-corrected chi connectivity index (χ3v) is 8.07. The molecule has 0 nitrogen and oxygen atoms in total. The van der Waals surface area contributed by atoms with Gasteiger partial charge in [-0.15, -0.1) is 0 Å². The molecule has 209 valence electrons. The largest absolute Gasteiger partial charge is 0.0654 e. The Labute approximate surface area is 228 Å². The van der Waals surface area contributed by atoms with Crippen LogP contribution in [0.2, 0.25) is 0 Å². The van der Waals surface area contributed by atoms with E-state index in [1.807, 2.05) is 6.07 Å². The Balaban J connectivity index is 1.63. The Morgan fingerprint density at radius 2 is 0.694 bits per heavy atom. The molecule has 1 radical (unpaired) electrons. The summed E-state index contributed by atoms with van der Waals surface area (Å²) < 4.78 is 0. The Morgan fingerprint density at radius 3 is 0.972 bits per heavy atom. The standard InChI is InChI=1S/C36H65/c1-2-3-4-5-6-7-8-9-10-11-12-13-14-15-16-17-18-19-20-21-22-23-24-25-26-27-28-30-33-36-34-31-29-32-35-36/h29,31-32,34H,2-28,30,33H2,1H3. The zero-order valence-electron chi connectivity index (χ0n) is 24.8. The number of rotatable bonds is 29. The van der Waals surface area contributed by atoms with Crippen molar-refractivity contribution in [3.05, 3.63) is 35.9 Å². The van der Waals surface area contributed by atoms with Gasteiger partial charge in [-0.25, -0.2) is 0 Å². The van der Waals surface area contributed by atoms with Crippen LogP contribution in [0.4, 0.5) is 0 Å². The molecule has 0 saturated heterocycles. The van der Waals surface area contributed by atoms with Crippen molar-refractivity contribution in [2.24, 2.45) is 0 Å². The van der Waals surface area contributed by atoms with Gasteiger partial charge in [0.1, 0.15) is 0 Å². The number of unbranched alkanes of at least 4 members (excludes halogenated alkanes) is 27. The third kappa shape index (κ3) is 24.9. The molecule has 1 rings (SSSR count). The predicted octanol–water partition coefficient (Wildman–Crippen LogP) is 13.0. The van der Waals surface area contributed by atoms with Crippen LogP contribution in [0.15, 0.2) is 24.3 Å². The highest BCUT2D eigenvalue weighted by molar-refractivity contribution is 5.12. The van der Waals surface area contributed by atoms with E-state index in [-0.39, 0.29) is 0 Å². The van der Waals surface area contributed by atoms with Gasteiger partial charge in [-0.2, -0.15) is 0 Å². The molecule has 0 atom stereocenters. The molecular formula is C36H65. The van der Waals surface area contributed by atoms with Gasteiger partial charge >= 0.3 is 0 Å². The van der Waals surface area contributed by atoms with Crippen LogP contribution in [0.25, 0.3) is 0 Å². The van der Waals surface area contributed by atoms with Gasteiger partial charge in [0.25, 0.3) is 0 Å². The highest BCUT2D eigenvalue weighted by Crippen LogP contribution is 2.16. The first-order valence-electron chi connectivity index (χ1n) is 16.9. The van der Waals surface area contributed by atoms with Gasteiger partial charge in [0.2, 0.25) is 0 Å². The van der Waals surface area contributed by atoms with E-state index in [0.29, 0.717) is 0 Å². The highest BCUT2D eigenvalue weighted by atomic mass is 14.0. The summed E-state index contributed by atoms with van der Waals surface area (Å²) in [6, 6.07) is 11.8. The summed E-state index contributed by atoms with van der Waals surface area (Å²) in [6.45, 7) is 2.31. The molecule has 0 bridgehead atoms. The minimum absolute atomic E-state index is 1.21. The van der Waals surface area contributed by atoms with E-state index in [0.717, 1.165) is 0 Å². The summed E-state index contributed by atoms with van der Waals surface area (Å²) in [4.78, 5) is 0. The van der Waals surface area contributed by atoms with Crippen LogP contribution in [0.3, 0.4) is 0 Å². The van der Waals surface area contributed by atoms with Crippen LogP contribution in [-0.2, 0) is 6.42 Å². The molecule has 0 N–H and O–H groups in total. The molecule has 0 spiro atoms. The van der Waals surface area contributed by atoms with Crippen molar-refractivity contribution >= 4 is 0 Å². The Hall–Kier alpha value is -0.780. The zero-order valence-corrected chi connectivity index (χ0v) is 24.8. The number of aryl methyl sites for hydroxylation is 1. The van der Waals surface area contributed by atoms with Crippen LogP contribution in [0.5, 0.6) is 0 Å². The van der Waals surface area contributed by atoms with Crippen LogP contribution in [0.1, 0.15) is 192 Å². The first-order valence-corrected chi connectivity index (χ1v) is 16.9. The molecule has 0 aliphatic carbocycles. The maximum atomic E-state index is 3.34. The van der Waals surface area contributed by atoms with Gasteiger partial charge in [-0.3, -0.25) is 0 Å². The maximum Gasteiger partial charge on any atom is -0.0149 e. The molecule has 0 aliphatic rings. The van der Waals surface area contributed by atoms with Gasteiger partial charge in [-0.1, -0.05) is 205 Å². The zero-order chi connectivity index (χ0) is 25.6. The summed E-state index contributed by atoms with van der Waals surface area (Å²) in [6.07, 6.45) is 42.2. The summed E-state index contributed by atoms with van der Waals surface area (Å²) in [7, 11) is 0. The van der Waals surface area contributed by atoms with Crippen molar-refractivity contribution in [2.45, 2.75) is 193 Å². The summed E-state index contributed by atoms with van der Waals surface area (Å²) >= 11 is 0. The minimum Gasteiger partial charge on any atom is -0.0654 e. The maximum absolute atomic E-state index is 3.34. The molecule has 0 saturated carbocycles. The van der Waals surface area contributed by atoms with E-state index in [4.69, 9.17) is 0 Å². The monoisotopic (exact) mass is 498 g/mol. The van der Waals surface area contributed by atoms with Crippen LogP contribution in [0, 0.1) is 6.07 Å². The van der Waals surface area contributed by atoms with Crippen molar-refractivity contribution < 1.29 is 0 Å². The topological polar surface area (TPSA) is 0 Å². The lowest BCUT2D eigenvalue weighted by Gasteiger charge is -2.04. The van der Waals surface area contributed by atoms with E-state index in [2.05, 4.69) is 31.2 Å². The fraction of sp³-hybridized carbons (Fsp3) is 0.833. The second-order valence-corrected chi connectivity index (χ2v) is 11.7. The second kappa shape index (κ2) is 28.8. The Kier molecular flexibility index (Phi) is 26.6. The van der Waals surface area contributed by atoms with Gasteiger partial charge < -0.3 is 0 Å². The molecule has 0 aromatic heterocycles. The van der Waals surface area contributed by atoms with E-state index in [1.165, 1.54) is 192 Å². The number of hydrogen-bond donors (Lipinski definition) is 0. The van der Waals surface area contributed by atoms with Crippen molar-refractivity contribution in [3.8, 4) is 0 Å². The van der Waals surface area contributed by atoms with Crippen molar-refractivity contribution in [3.63, 3.8) is 0 Å². The lowest BCUT2D eigenvalue weighted by Crippen LogP contribution is -1.86. The predicted molar refractivity (Wildman–Crippen MR) is 164 cm³/mol. The lowest BCUT2D eigenvalue weighted by atomic mass is 10.0. The molecule has 0 heterocycles. The van der Waals surface area contributed by atoms with E-state index in [1.54, 1.807) is 0 Å². The Bertz CT molecular complexity index is 504. The Morgan fingerprint density at radius 1 is 0.389 bits per heavy atom. The molecule has 0 heteroatoms. The van der Waals surface area contributed by atoms with Crippen molar-refractivity contribution in [1.29, 1.82) is 0 Å². The first-order chi connectivity index (χ1) is 17.9.